The molecular formula is C14H18N4O. The van der Waals surface area contributed by atoms with Crippen LogP contribution >= 0.6 is 0 Å². The van der Waals surface area contributed by atoms with Gasteiger partial charge in [-0.15, -0.1) is 0 Å². The Morgan fingerprint density at radius 3 is 2.58 bits per heavy atom. The van der Waals surface area contributed by atoms with Gasteiger partial charge in [0.05, 0.1) is 12.2 Å². The van der Waals surface area contributed by atoms with Crippen LogP contribution in [0.2, 0.25) is 0 Å². The summed E-state index contributed by atoms with van der Waals surface area (Å²) in [6.07, 6.45) is 1.66. The largest absolute Gasteiger partial charge is 0.346 e. The maximum Gasteiger partial charge on any atom is 0.251 e. The average molecular weight is 258 g/mol. The first kappa shape index (κ1) is 13.3. The van der Waals surface area contributed by atoms with E-state index in [0.29, 0.717) is 12.1 Å². The van der Waals surface area contributed by atoms with Crippen molar-refractivity contribution in [1.82, 2.24) is 20.4 Å². The quantitative estimate of drug-likeness (QED) is 0.852. The van der Waals surface area contributed by atoms with E-state index in [1.54, 1.807) is 6.20 Å². The van der Waals surface area contributed by atoms with Gasteiger partial charge in [0.1, 0.15) is 0 Å². The number of nitrogens with zero attached hydrogens (tertiary/aromatic N) is 2. The summed E-state index contributed by atoms with van der Waals surface area (Å²) in [5, 5.41) is 9.48. The van der Waals surface area contributed by atoms with Crippen LogP contribution in [0.25, 0.3) is 0 Å². The van der Waals surface area contributed by atoms with Crippen LogP contribution in [0.4, 0.5) is 0 Å². The monoisotopic (exact) mass is 258 g/mol. The molecule has 0 bridgehead atoms. The molecule has 0 unspecified atom stereocenters. The third kappa shape index (κ3) is 3.93. The van der Waals surface area contributed by atoms with Crippen molar-refractivity contribution >= 4 is 5.91 Å². The smallest absolute Gasteiger partial charge is 0.251 e. The Labute approximate surface area is 112 Å². The van der Waals surface area contributed by atoms with E-state index in [0.717, 1.165) is 12.2 Å². The zero-order valence-corrected chi connectivity index (χ0v) is 11.2. The van der Waals surface area contributed by atoms with Gasteiger partial charge in [-0.2, -0.15) is 5.10 Å². The van der Waals surface area contributed by atoms with Crippen molar-refractivity contribution < 1.29 is 4.79 Å². The molecule has 0 spiro atoms. The molecule has 1 aromatic heterocycles. The van der Waals surface area contributed by atoms with E-state index in [9.17, 15) is 4.79 Å². The number of carbonyl (C=O) groups is 1. The van der Waals surface area contributed by atoms with Gasteiger partial charge in [0.2, 0.25) is 0 Å². The van der Waals surface area contributed by atoms with Crippen LogP contribution < -0.4 is 5.32 Å². The summed E-state index contributed by atoms with van der Waals surface area (Å²) < 4.78 is 0. The average Bonchev–Trinajstić information content (AvgIpc) is 2.89. The number of amides is 1. The van der Waals surface area contributed by atoms with Gasteiger partial charge in [0.25, 0.3) is 5.91 Å². The molecule has 1 aromatic carbocycles. The van der Waals surface area contributed by atoms with E-state index in [4.69, 9.17) is 0 Å². The summed E-state index contributed by atoms with van der Waals surface area (Å²) in [6, 6.07) is 9.49. The molecule has 5 heteroatoms. The molecule has 2 rings (SSSR count). The second-order valence-electron chi connectivity index (χ2n) is 4.70. The first-order chi connectivity index (χ1) is 9.15. The summed E-state index contributed by atoms with van der Waals surface area (Å²) in [4.78, 5) is 14.0. The molecule has 0 saturated heterocycles. The SMILES string of the molecule is CN(C)Cc1ccc(C(=O)NCc2ccn[nH]2)cc1. The second-order valence-corrected chi connectivity index (χ2v) is 4.70. The molecule has 1 heterocycles. The number of hydrogen-bond acceptors (Lipinski definition) is 3. The number of hydrogen-bond donors (Lipinski definition) is 2. The van der Waals surface area contributed by atoms with Gasteiger partial charge in [-0.05, 0) is 37.9 Å². The molecule has 0 aliphatic rings. The highest BCUT2D eigenvalue weighted by Gasteiger charge is 2.05. The minimum absolute atomic E-state index is 0.0778. The molecule has 0 saturated carbocycles. The number of H-pyrrole nitrogens is 1. The normalized spacial score (nSPS) is 10.7. The maximum atomic E-state index is 11.9. The highest BCUT2D eigenvalue weighted by atomic mass is 16.1. The minimum Gasteiger partial charge on any atom is -0.346 e. The number of rotatable bonds is 5. The van der Waals surface area contributed by atoms with Crippen LogP contribution in [-0.4, -0.2) is 35.1 Å². The molecule has 19 heavy (non-hydrogen) atoms. The number of aromatic nitrogens is 2. The highest BCUT2D eigenvalue weighted by molar-refractivity contribution is 5.94. The fourth-order valence-electron chi connectivity index (χ4n) is 1.79. The Kier molecular flexibility index (Phi) is 4.30. The number of carbonyl (C=O) groups excluding carboxylic acids is 1. The van der Waals surface area contributed by atoms with Crippen LogP contribution in [0.1, 0.15) is 21.6 Å². The van der Waals surface area contributed by atoms with E-state index in [1.807, 2.05) is 44.4 Å². The standard InChI is InChI=1S/C14H18N4O/c1-18(2)10-11-3-5-12(6-4-11)14(19)15-9-13-7-8-16-17-13/h3-8H,9-10H2,1-2H3,(H,15,19)(H,16,17). The maximum absolute atomic E-state index is 11.9. The van der Waals surface area contributed by atoms with Crippen molar-refractivity contribution in [3.63, 3.8) is 0 Å². The first-order valence-electron chi connectivity index (χ1n) is 6.15. The van der Waals surface area contributed by atoms with Crippen molar-refractivity contribution in [3.05, 3.63) is 53.3 Å². The van der Waals surface area contributed by atoms with Gasteiger partial charge in [-0.3, -0.25) is 9.89 Å². The molecule has 1 amide bonds. The molecular weight excluding hydrogens is 240 g/mol. The van der Waals surface area contributed by atoms with Crippen molar-refractivity contribution in [3.8, 4) is 0 Å². The molecule has 100 valence electrons. The number of benzene rings is 1. The lowest BCUT2D eigenvalue weighted by Crippen LogP contribution is -2.23. The fourth-order valence-corrected chi connectivity index (χ4v) is 1.79. The molecule has 0 radical (unpaired) electrons. The van der Waals surface area contributed by atoms with Gasteiger partial charge in [-0.1, -0.05) is 12.1 Å². The van der Waals surface area contributed by atoms with Gasteiger partial charge in [-0.25, -0.2) is 0 Å². The Morgan fingerprint density at radius 1 is 1.26 bits per heavy atom. The summed E-state index contributed by atoms with van der Waals surface area (Å²) >= 11 is 0. The van der Waals surface area contributed by atoms with Gasteiger partial charge < -0.3 is 10.2 Å². The van der Waals surface area contributed by atoms with E-state index in [1.165, 1.54) is 5.56 Å². The van der Waals surface area contributed by atoms with Crippen molar-refractivity contribution in [1.29, 1.82) is 0 Å². The summed E-state index contributed by atoms with van der Waals surface area (Å²) in [6.45, 7) is 1.33. The summed E-state index contributed by atoms with van der Waals surface area (Å²) in [5.41, 5.74) is 2.75. The molecule has 0 fully saturated rings. The molecule has 0 aliphatic heterocycles. The second kappa shape index (κ2) is 6.15. The van der Waals surface area contributed by atoms with Crippen LogP contribution in [0.15, 0.2) is 36.5 Å². The van der Waals surface area contributed by atoms with Crippen molar-refractivity contribution in [2.45, 2.75) is 13.1 Å². The molecule has 0 atom stereocenters. The number of aromatic amines is 1. The fraction of sp³-hybridized carbons (Fsp3) is 0.286. The van der Waals surface area contributed by atoms with E-state index >= 15 is 0 Å². The van der Waals surface area contributed by atoms with E-state index in [2.05, 4.69) is 20.4 Å². The molecule has 2 N–H and O–H groups in total. The lowest BCUT2D eigenvalue weighted by molar-refractivity contribution is 0.0950. The van der Waals surface area contributed by atoms with Crippen LogP contribution in [-0.2, 0) is 13.1 Å². The third-order valence-electron chi connectivity index (χ3n) is 2.71. The zero-order valence-electron chi connectivity index (χ0n) is 11.2. The molecule has 2 aromatic rings. The summed E-state index contributed by atoms with van der Waals surface area (Å²) in [5.74, 6) is -0.0778. The van der Waals surface area contributed by atoms with Crippen LogP contribution in [0, 0.1) is 0 Å². The van der Waals surface area contributed by atoms with Gasteiger partial charge in [0, 0.05) is 18.3 Å². The number of nitrogens with one attached hydrogen (secondary N) is 2. The Balaban J connectivity index is 1.92. The predicted octanol–water partition coefficient (Wildman–Crippen LogP) is 1.40. The summed E-state index contributed by atoms with van der Waals surface area (Å²) in [7, 11) is 4.04. The van der Waals surface area contributed by atoms with Crippen molar-refractivity contribution in [2.75, 3.05) is 14.1 Å². The zero-order chi connectivity index (χ0) is 13.7. The Bertz CT molecular complexity index is 517. The molecule has 5 nitrogen and oxygen atoms in total. The van der Waals surface area contributed by atoms with Crippen LogP contribution in [0.3, 0.4) is 0 Å². The first-order valence-corrected chi connectivity index (χ1v) is 6.15. The van der Waals surface area contributed by atoms with Gasteiger partial charge in [0.15, 0.2) is 0 Å². The van der Waals surface area contributed by atoms with E-state index < -0.39 is 0 Å². The Hall–Kier alpha value is -2.14. The van der Waals surface area contributed by atoms with Crippen molar-refractivity contribution in [2.24, 2.45) is 0 Å². The Morgan fingerprint density at radius 2 is 2.00 bits per heavy atom. The highest BCUT2D eigenvalue weighted by Crippen LogP contribution is 2.06. The molecule has 0 aliphatic carbocycles. The van der Waals surface area contributed by atoms with Crippen LogP contribution in [0.5, 0.6) is 0 Å². The van der Waals surface area contributed by atoms with E-state index in [-0.39, 0.29) is 5.91 Å². The predicted molar refractivity (Wildman–Crippen MR) is 73.6 cm³/mol. The third-order valence-corrected chi connectivity index (χ3v) is 2.71. The van der Waals surface area contributed by atoms with Gasteiger partial charge >= 0.3 is 0 Å². The lowest BCUT2D eigenvalue weighted by atomic mass is 10.1. The minimum atomic E-state index is -0.0778. The topological polar surface area (TPSA) is 61.0 Å². The lowest BCUT2D eigenvalue weighted by Gasteiger charge is -2.10.